The van der Waals surface area contributed by atoms with Gasteiger partial charge in [-0.05, 0) is 68.9 Å². The average molecular weight is 583 g/mol. The summed E-state index contributed by atoms with van der Waals surface area (Å²) in [5.74, 6) is 0.390. The smallest absolute Gasteiger partial charge is 0.338 e. The SMILES string of the molecule is CCOC(=O)C1=C(C)N=c2s/c(=C\c3ccc(Sc4nccc(C)n4)o3)c(=O)n2[C@H]1c1cc(Cl)ccc1OC. The van der Waals surface area contributed by atoms with Gasteiger partial charge in [-0.3, -0.25) is 9.36 Å². The van der Waals surface area contributed by atoms with Gasteiger partial charge in [-0.15, -0.1) is 0 Å². The lowest BCUT2D eigenvalue weighted by Gasteiger charge is -2.26. The van der Waals surface area contributed by atoms with Crippen molar-refractivity contribution in [2.45, 2.75) is 37.1 Å². The number of esters is 1. The molecule has 4 heterocycles. The molecule has 0 spiro atoms. The molecular formula is C27H23ClN4O5S2. The molecule has 0 N–H and O–H groups in total. The predicted octanol–water partition coefficient (Wildman–Crippen LogP) is 4.30. The Kier molecular flexibility index (Phi) is 7.74. The summed E-state index contributed by atoms with van der Waals surface area (Å²) in [6.45, 7) is 5.50. The van der Waals surface area contributed by atoms with Gasteiger partial charge in [0.25, 0.3) is 5.56 Å². The molecule has 12 heteroatoms. The first-order chi connectivity index (χ1) is 18.8. The van der Waals surface area contributed by atoms with Crippen LogP contribution >= 0.6 is 34.7 Å². The highest BCUT2D eigenvalue weighted by atomic mass is 35.5. The van der Waals surface area contributed by atoms with Gasteiger partial charge in [0.1, 0.15) is 17.6 Å². The zero-order valence-electron chi connectivity index (χ0n) is 21.4. The Morgan fingerprint density at radius 1 is 1.26 bits per heavy atom. The number of fused-ring (bicyclic) bond motifs is 1. The van der Waals surface area contributed by atoms with E-state index in [0.29, 0.717) is 47.4 Å². The Bertz CT molecular complexity index is 1790. The second kappa shape index (κ2) is 11.2. The number of aryl methyl sites for hydroxylation is 1. The topological polar surface area (TPSA) is 109 Å². The highest BCUT2D eigenvalue weighted by Gasteiger charge is 2.35. The van der Waals surface area contributed by atoms with Gasteiger partial charge >= 0.3 is 5.97 Å². The minimum absolute atomic E-state index is 0.172. The predicted molar refractivity (Wildman–Crippen MR) is 148 cm³/mol. The number of nitrogens with zero attached hydrogens (tertiary/aromatic N) is 4. The van der Waals surface area contributed by atoms with E-state index >= 15 is 0 Å². The molecule has 0 saturated heterocycles. The van der Waals surface area contributed by atoms with Crippen LogP contribution < -0.4 is 19.6 Å². The monoisotopic (exact) mass is 582 g/mol. The molecule has 1 aromatic carbocycles. The fourth-order valence-electron chi connectivity index (χ4n) is 4.17. The van der Waals surface area contributed by atoms with Gasteiger partial charge in [0.2, 0.25) is 0 Å². The van der Waals surface area contributed by atoms with Crippen LogP contribution in [0.3, 0.4) is 0 Å². The van der Waals surface area contributed by atoms with Crippen LogP contribution in [0.4, 0.5) is 0 Å². The lowest BCUT2D eigenvalue weighted by molar-refractivity contribution is -0.139. The third-order valence-electron chi connectivity index (χ3n) is 5.84. The molecule has 5 rings (SSSR count). The quantitative estimate of drug-likeness (QED) is 0.234. The van der Waals surface area contributed by atoms with Crippen molar-refractivity contribution in [3.8, 4) is 5.75 Å². The van der Waals surface area contributed by atoms with E-state index in [1.165, 1.54) is 34.8 Å². The van der Waals surface area contributed by atoms with Crippen LogP contribution in [-0.4, -0.2) is 34.2 Å². The van der Waals surface area contributed by atoms with Gasteiger partial charge in [-0.2, -0.15) is 0 Å². The van der Waals surface area contributed by atoms with E-state index < -0.39 is 12.0 Å². The van der Waals surface area contributed by atoms with Crippen molar-refractivity contribution in [3.05, 3.63) is 95.6 Å². The summed E-state index contributed by atoms with van der Waals surface area (Å²) in [7, 11) is 1.52. The lowest BCUT2D eigenvalue weighted by atomic mass is 9.95. The number of methoxy groups -OCH3 is 1. The summed E-state index contributed by atoms with van der Waals surface area (Å²) in [4.78, 5) is 40.6. The number of aromatic nitrogens is 3. The number of allylic oxidation sites excluding steroid dienone is 1. The number of carbonyl (C=O) groups excluding carboxylic acids is 1. The van der Waals surface area contributed by atoms with E-state index in [1.807, 2.05) is 13.0 Å². The summed E-state index contributed by atoms with van der Waals surface area (Å²) in [5.41, 5.74) is 1.75. The van der Waals surface area contributed by atoms with E-state index in [1.54, 1.807) is 56.5 Å². The third-order valence-corrected chi connectivity index (χ3v) is 7.86. The number of benzene rings is 1. The molecule has 1 aliphatic rings. The second-order valence-corrected chi connectivity index (χ2v) is 10.8. The van der Waals surface area contributed by atoms with E-state index in [0.717, 1.165) is 5.69 Å². The van der Waals surface area contributed by atoms with Crippen LogP contribution in [-0.2, 0) is 9.53 Å². The van der Waals surface area contributed by atoms with E-state index in [2.05, 4.69) is 15.0 Å². The normalized spacial score (nSPS) is 15.2. The van der Waals surface area contributed by atoms with Gasteiger partial charge in [0, 0.05) is 28.6 Å². The molecule has 1 aliphatic heterocycles. The van der Waals surface area contributed by atoms with Gasteiger partial charge in [0.05, 0.1) is 29.5 Å². The van der Waals surface area contributed by atoms with Crippen molar-refractivity contribution in [1.29, 1.82) is 0 Å². The number of hydrogen-bond donors (Lipinski definition) is 0. The molecule has 0 unspecified atom stereocenters. The first-order valence-electron chi connectivity index (χ1n) is 11.9. The molecule has 9 nitrogen and oxygen atoms in total. The van der Waals surface area contributed by atoms with Crippen molar-refractivity contribution < 1.29 is 18.7 Å². The number of carbonyl (C=O) groups is 1. The van der Waals surface area contributed by atoms with Crippen LogP contribution in [0.2, 0.25) is 5.02 Å². The molecule has 200 valence electrons. The zero-order chi connectivity index (χ0) is 27.7. The maximum absolute atomic E-state index is 13.8. The van der Waals surface area contributed by atoms with Crippen molar-refractivity contribution in [1.82, 2.24) is 14.5 Å². The number of rotatable bonds is 7. The summed E-state index contributed by atoms with van der Waals surface area (Å²) >= 11 is 8.82. The van der Waals surface area contributed by atoms with Gasteiger partial charge < -0.3 is 13.9 Å². The average Bonchev–Trinajstić information content (AvgIpc) is 3.46. The van der Waals surface area contributed by atoms with Crippen molar-refractivity contribution in [2.24, 2.45) is 4.99 Å². The molecule has 0 amide bonds. The number of ether oxygens (including phenoxy) is 2. The lowest BCUT2D eigenvalue weighted by Crippen LogP contribution is -2.40. The molecule has 39 heavy (non-hydrogen) atoms. The highest BCUT2D eigenvalue weighted by Crippen LogP contribution is 2.37. The molecule has 4 aromatic rings. The van der Waals surface area contributed by atoms with Crippen LogP contribution in [0.1, 0.15) is 36.9 Å². The largest absolute Gasteiger partial charge is 0.496 e. The molecule has 3 aromatic heterocycles. The molecule has 0 saturated carbocycles. The van der Waals surface area contributed by atoms with Gasteiger partial charge in [-0.25, -0.2) is 19.8 Å². The number of thiazole rings is 1. The fraction of sp³-hybridized carbons (Fsp3) is 0.222. The van der Waals surface area contributed by atoms with Crippen molar-refractivity contribution in [2.75, 3.05) is 13.7 Å². The minimum atomic E-state index is -0.850. The standard InChI is InChI=1S/C27H23ClN4O5S2/c1-5-36-25(34)22-15(3)31-27-32(23(22)18-12-16(28)6-8-19(18)35-4)24(33)20(38-27)13-17-7-9-21(37-17)39-26-29-11-10-14(2)30-26/h6-13,23H,5H2,1-4H3/b20-13-/t23-/m0/s1. The zero-order valence-corrected chi connectivity index (χ0v) is 23.8. The van der Waals surface area contributed by atoms with E-state index in [9.17, 15) is 9.59 Å². The van der Waals surface area contributed by atoms with Crippen molar-refractivity contribution >= 4 is 46.7 Å². The highest BCUT2D eigenvalue weighted by molar-refractivity contribution is 7.99. The second-order valence-electron chi connectivity index (χ2n) is 8.43. The minimum Gasteiger partial charge on any atom is -0.496 e. The Morgan fingerprint density at radius 2 is 2.08 bits per heavy atom. The molecule has 0 fully saturated rings. The summed E-state index contributed by atoms with van der Waals surface area (Å²) < 4.78 is 18.7. The Hall–Kier alpha value is -3.67. The Morgan fingerprint density at radius 3 is 2.82 bits per heavy atom. The summed E-state index contributed by atoms with van der Waals surface area (Å²) in [5, 5.41) is 1.58. The number of halogens is 1. The fourth-order valence-corrected chi connectivity index (χ4v) is 6.13. The van der Waals surface area contributed by atoms with Crippen LogP contribution in [0, 0.1) is 6.92 Å². The van der Waals surface area contributed by atoms with Crippen LogP contribution in [0.15, 0.2) is 78.3 Å². The summed E-state index contributed by atoms with van der Waals surface area (Å²) in [6, 6.07) is 9.60. The third kappa shape index (κ3) is 5.42. The van der Waals surface area contributed by atoms with Gasteiger partial charge in [0.15, 0.2) is 15.1 Å². The first-order valence-corrected chi connectivity index (χ1v) is 13.9. The van der Waals surface area contributed by atoms with Crippen LogP contribution in [0.5, 0.6) is 5.75 Å². The molecule has 0 bridgehead atoms. The molecular weight excluding hydrogens is 560 g/mol. The molecule has 0 aliphatic carbocycles. The number of furan rings is 1. The number of hydrogen-bond acceptors (Lipinski definition) is 10. The summed E-state index contributed by atoms with van der Waals surface area (Å²) in [6.07, 6.45) is 3.34. The van der Waals surface area contributed by atoms with Gasteiger partial charge in [-0.1, -0.05) is 22.9 Å². The molecule has 1 atom stereocenters. The Balaban J connectivity index is 1.62. The van der Waals surface area contributed by atoms with Crippen molar-refractivity contribution in [3.63, 3.8) is 0 Å². The van der Waals surface area contributed by atoms with E-state index in [-0.39, 0.29) is 17.7 Å². The Labute approximate surface area is 236 Å². The maximum Gasteiger partial charge on any atom is 0.338 e. The van der Waals surface area contributed by atoms with E-state index in [4.69, 9.17) is 25.5 Å². The maximum atomic E-state index is 13.8. The molecule has 0 radical (unpaired) electrons. The first kappa shape index (κ1) is 26.9. The van der Waals surface area contributed by atoms with Crippen LogP contribution in [0.25, 0.3) is 6.08 Å².